The van der Waals surface area contributed by atoms with Crippen molar-refractivity contribution in [3.63, 3.8) is 0 Å². The number of hydrogen-bond donors (Lipinski definition) is 1. The fourth-order valence-corrected chi connectivity index (χ4v) is 2.49. The zero-order chi connectivity index (χ0) is 13.3. The minimum absolute atomic E-state index is 0.264. The van der Waals surface area contributed by atoms with Gasteiger partial charge in [-0.3, -0.25) is 4.68 Å². The molecule has 1 aromatic heterocycles. The number of aromatic nitrogens is 2. The number of nitrogens with zero attached hydrogens (tertiary/aromatic N) is 2. The summed E-state index contributed by atoms with van der Waals surface area (Å²) >= 11 is 3.49. The molecule has 0 aliphatic carbocycles. The van der Waals surface area contributed by atoms with Crippen LogP contribution >= 0.6 is 15.9 Å². The van der Waals surface area contributed by atoms with E-state index in [0.29, 0.717) is 12.0 Å². The number of nitrogens with two attached hydrogens (primary N) is 1. The van der Waals surface area contributed by atoms with Crippen LogP contribution in [-0.4, -0.2) is 9.78 Å². The molecule has 0 saturated heterocycles. The Bertz CT molecular complexity index is 565. The highest BCUT2D eigenvalue weighted by atomic mass is 79.9. The zero-order valence-corrected chi connectivity index (χ0v) is 11.9. The van der Waals surface area contributed by atoms with Crippen LogP contribution in [0.2, 0.25) is 0 Å². The van der Waals surface area contributed by atoms with Gasteiger partial charge in [0.15, 0.2) is 0 Å². The molecule has 2 aromatic rings. The van der Waals surface area contributed by atoms with Crippen LogP contribution in [0.3, 0.4) is 0 Å². The van der Waals surface area contributed by atoms with Crippen LogP contribution in [0.1, 0.15) is 23.0 Å². The van der Waals surface area contributed by atoms with Crippen LogP contribution < -0.4 is 5.73 Å². The molecule has 18 heavy (non-hydrogen) atoms. The number of aryl methyl sites for hydroxylation is 2. The molecule has 96 valence electrons. The molecule has 2 N–H and O–H groups in total. The van der Waals surface area contributed by atoms with Crippen LogP contribution in [0.25, 0.3) is 0 Å². The molecule has 5 heteroatoms. The molecule has 0 radical (unpaired) electrons. The Kier molecular flexibility index (Phi) is 3.82. The molecular weight excluding hydrogens is 297 g/mol. The van der Waals surface area contributed by atoms with E-state index in [0.717, 1.165) is 15.9 Å². The molecule has 3 nitrogen and oxygen atoms in total. The topological polar surface area (TPSA) is 43.8 Å². The molecule has 0 amide bonds. The number of benzene rings is 1. The molecule has 0 aliphatic heterocycles. The summed E-state index contributed by atoms with van der Waals surface area (Å²) in [6, 6.07) is 6.23. The van der Waals surface area contributed by atoms with Crippen molar-refractivity contribution in [3.8, 4) is 0 Å². The van der Waals surface area contributed by atoms with Crippen LogP contribution in [0.5, 0.6) is 0 Å². The molecule has 2 rings (SSSR count). The second kappa shape index (κ2) is 5.20. The first-order valence-corrected chi connectivity index (χ1v) is 6.48. The first kappa shape index (κ1) is 13.2. The summed E-state index contributed by atoms with van der Waals surface area (Å²) in [5.41, 5.74) is 8.49. The van der Waals surface area contributed by atoms with Crippen molar-refractivity contribution in [2.45, 2.75) is 19.4 Å². The third-order valence-corrected chi connectivity index (χ3v) is 4.01. The predicted molar refractivity (Wildman–Crippen MR) is 72.7 cm³/mol. The van der Waals surface area contributed by atoms with Crippen molar-refractivity contribution < 1.29 is 4.39 Å². The summed E-state index contributed by atoms with van der Waals surface area (Å²) in [7, 11) is 1.86. The SMILES string of the molecule is Cc1nn(C)c(CC(N)c2ccccc2F)c1Br. The van der Waals surface area contributed by atoms with E-state index in [4.69, 9.17) is 5.73 Å². The molecule has 0 bridgehead atoms. The number of hydrogen-bond acceptors (Lipinski definition) is 2. The van der Waals surface area contributed by atoms with Crippen LogP contribution in [0.4, 0.5) is 4.39 Å². The van der Waals surface area contributed by atoms with Crippen molar-refractivity contribution in [3.05, 3.63) is 51.5 Å². The van der Waals surface area contributed by atoms with Crippen molar-refractivity contribution >= 4 is 15.9 Å². The van der Waals surface area contributed by atoms with Gasteiger partial charge in [0.25, 0.3) is 0 Å². The summed E-state index contributed by atoms with van der Waals surface area (Å²) in [5, 5.41) is 4.30. The summed E-state index contributed by atoms with van der Waals surface area (Å²) in [4.78, 5) is 0. The molecule has 1 unspecified atom stereocenters. The predicted octanol–water partition coefficient (Wildman–Crippen LogP) is 2.87. The lowest BCUT2D eigenvalue weighted by atomic mass is 10.0. The normalized spacial score (nSPS) is 12.7. The zero-order valence-electron chi connectivity index (χ0n) is 10.3. The van der Waals surface area contributed by atoms with Crippen LogP contribution in [0, 0.1) is 12.7 Å². The summed E-state index contributed by atoms with van der Waals surface area (Å²) in [6.45, 7) is 1.92. The Hall–Kier alpha value is -1.20. The van der Waals surface area contributed by atoms with Crippen molar-refractivity contribution in [2.24, 2.45) is 12.8 Å². The Morgan fingerprint density at radius 2 is 2.11 bits per heavy atom. The Morgan fingerprint density at radius 1 is 1.44 bits per heavy atom. The van der Waals surface area contributed by atoms with Crippen LogP contribution in [-0.2, 0) is 13.5 Å². The molecule has 1 aromatic carbocycles. The summed E-state index contributed by atoms with van der Waals surface area (Å²) in [5.74, 6) is -0.264. The van der Waals surface area contributed by atoms with E-state index in [1.54, 1.807) is 22.9 Å². The van der Waals surface area contributed by atoms with Gasteiger partial charge >= 0.3 is 0 Å². The Morgan fingerprint density at radius 3 is 2.67 bits per heavy atom. The summed E-state index contributed by atoms with van der Waals surface area (Å²) in [6.07, 6.45) is 0.541. The lowest BCUT2D eigenvalue weighted by Crippen LogP contribution is -2.17. The van der Waals surface area contributed by atoms with E-state index in [9.17, 15) is 4.39 Å². The van der Waals surface area contributed by atoms with Gasteiger partial charge in [-0.2, -0.15) is 5.10 Å². The Balaban J connectivity index is 2.27. The largest absolute Gasteiger partial charge is 0.324 e. The molecule has 0 spiro atoms. The lowest BCUT2D eigenvalue weighted by molar-refractivity contribution is 0.568. The van der Waals surface area contributed by atoms with Gasteiger partial charge in [-0.15, -0.1) is 0 Å². The smallest absolute Gasteiger partial charge is 0.127 e. The van der Waals surface area contributed by atoms with Crippen molar-refractivity contribution in [1.82, 2.24) is 9.78 Å². The number of halogens is 2. The quantitative estimate of drug-likeness (QED) is 0.947. The second-order valence-corrected chi connectivity index (χ2v) is 5.09. The molecular formula is C13H15BrFN3. The molecule has 1 atom stereocenters. The van der Waals surface area contributed by atoms with E-state index < -0.39 is 0 Å². The first-order chi connectivity index (χ1) is 8.50. The standard InChI is InChI=1S/C13H15BrFN3/c1-8-13(14)12(18(2)17-8)7-11(16)9-5-3-4-6-10(9)15/h3-6,11H,7,16H2,1-2H3. The van der Waals surface area contributed by atoms with Gasteiger partial charge in [0.2, 0.25) is 0 Å². The second-order valence-electron chi connectivity index (χ2n) is 4.30. The van der Waals surface area contributed by atoms with Crippen molar-refractivity contribution in [2.75, 3.05) is 0 Å². The highest BCUT2D eigenvalue weighted by molar-refractivity contribution is 9.10. The molecule has 1 heterocycles. The van der Waals surface area contributed by atoms with Crippen molar-refractivity contribution in [1.29, 1.82) is 0 Å². The highest BCUT2D eigenvalue weighted by Crippen LogP contribution is 2.25. The van der Waals surface area contributed by atoms with Gasteiger partial charge in [0.1, 0.15) is 5.82 Å². The van der Waals surface area contributed by atoms with Gasteiger partial charge in [-0.25, -0.2) is 4.39 Å². The third kappa shape index (κ3) is 2.47. The fourth-order valence-electron chi connectivity index (χ4n) is 2.00. The molecule has 0 fully saturated rings. The summed E-state index contributed by atoms with van der Waals surface area (Å²) < 4.78 is 16.4. The number of rotatable bonds is 3. The van der Waals surface area contributed by atoms with Gasteiger partial charge < -0.3 is 5.73 Å². The van der Waals surface area contributed by atoms with E-state index in [1.807, 2.05) is 14.0 Å². The maximum Gasteiger partial charge on any atom is 0.127 e. The van der Waals surface area contributed by atoms with Crippen LogP contribution in [0.15, 0.2) is 28.7 Å². The first-order valence-electron chi connectivity index (χ1n) is 5.68. The average molecular weight is 312 g/mol. The minimum atomic E-state index is -0.378. The highest BCUT2D eigenvalue weighted by Gasteiger charge is 2.17. The minimum Gasteiger partial charge on any atom is -0.324 e. The van der Waals surface area contributed by atoms with Gasteiger partial charge in [-0.05, 0) is 28.9 Å². The monoisotopic (exact) mass is 311 g/mol. The maximum absolute atomic E-state index is 13.6. The maximum atomic E-state index is 13.6. The van der Waals surface area contributed by atoms with Gasteiger partial charge in [-0.1, -0.05) is 18.2 Å². The molecule has 0 aliphatic rings. The fraction of sp³-hybridized carbons (Fsp3) is 0.308. The lowest BCUT2D eigenvalue weighted by Gasteiger charge is -2.13. The van der Waals surface area contributed by atoms with Gasteiger partial charge in [0.05, 0.1) is 15.9 Å². The van der Waals surface area contributed by atoms with E-state index >= 15 is 0 Å². The third-order valence-electron chi connectivity index (χ3n) is 2.98. The Labute approximate surface area is 114 Å². The van der Waals surface area contributed by atoms with E-state index in [-0.39, 0.29) is 11.9 Å². The average Bonchev–Trinajstić information content (AvgIpc) is 2.56. The molecule has 0 saturated carbocycles. The van der Waals surface area contributed by atoms with Gasteiger partial charge in [0, 0.05) is 25.1 Å². The van der Waals surface area contributed by atoms with E-state index in [1.165, 1.54) is 6.07 Å². The van der Waals surface area contributed by atoms with E-state index in [2.05, 4.69) is 21.0 Å².